The summed E-state index contributed by atoms with van der Waals surface area (Å²) in [5.41, 5.74) is 7.05. The lowest BCUT2D eigenvalue weighted by molar-refractivity contribution is 0.463. The Morgan fingerprint density at radius 1 is 1.57 bits per heavy atom. The van der Waals surface area contributed by atoms with E-state index in [0.717, 1.165) is 18.5 Å². The molecule has 3 nitrogen and oxygen atoms in total. The highest BCUT2D eigenvalue weighted by molar-refractivity contribution is 7.10. The summed E-state index contributed by atoms with van der Waals surface area (Å²) in [6.45, 7) is 6.33. The smallest absolute Gasteiger partial charge is 0.125 e. The number of anilines is 1. The summed E-state index contributed by atoms with van der Waals surface area (Å²) in [5.74, 6) is 0. The fraction of sp³-hybridized carbons (Fsp3) is 0.600. The summed E-state index contributed by atoms with van der Waals surface area (Å²) in [5, 5.41) is 9.49. The summed E-state index contributed by atoms with van der Waals surface area (Å²) >= 11 is 1.21. The van der Waals surface area contributed by atoms with E-state index in [9.17, 15) is 0 Å². The van der Waals surface area contributed by atoms with Crippen LogP contribution in [0.15, 0.2) is 0 Å². The van der Waals surface area contributed by atoms with E-state index < -0.39 is 0 Å². The first kappa shape index (κ1) is 11.0. The highest BCUT2D eigenvalue weighted by Gasteiger charge is 2.27. The van der Waals surface area contributed by atoms with Crippen LogP contribution in [-0.2, 0) is 5.41 Å². The fourth-order valence-electron chi connectivity index (χ4n) is 1.62. The molecule has 0 radical (unpaired) electrons. The van der Waals surface area contributed by atoms with Crippen LogP contribution in [0.2, 0.25) is 0 Å². The number of nitriles is 1. The summed E-state index contributed by atoms with van der Waals surface area (Å²) in [7, 11) is 0. The van der Waals surface area contributed by atoms with Crippen molar-refractivity contribution in [3.05, 3.63) is 11.3 Å². The summed E-state index contributed by atoms with van der Waals surface area (Å²) in [6.07, 6.45) is 2.10. The van der Waals surface area contributed by atoms with E-state index in [0.29, 0.717) is 10.6 Å². The highest BCUT2D eigenvalue weighted by Crippen LogP contribution is 2.34. The third-order valence-corrected chi connectivity index (χ3v) is 3.02. The third kappa shape index (κ3) is 1.88. The molecular formula is C10H15N3S. The Hall–Kier alpha value is -1.08. The van der Waals surface area contributed by atoms with Gasteiger partial charge in [-0.05, 0) is 18.0 Å². The van der Waals surface area contributed by atoms with Gasteiger partial charge < -0.3 is 5.73 Å². The van der Waals surface area contributed by atoms with Gasteiger partial charge in [0.25, 0.3) is 0 Å². The number of nitrogens with zero attached hydrogens (tertiary/aromatic N) is 2. The van der Waals surface area contributed by atoms with Crippen LogP contribution in [-0.4, -0.2) is 4.37 Å². The molecule has 1 rings (SSSR count). The van der Waals surface area contributed by atoms with Crippen molar-refractivity contribution in [1.29, 1.82) is 5.26 Å². The minimum atomic E-state index is -0.0477. The van der Waals surface area contributed by atoms with E-state index in [2.05, 4.69) is 31.2 Å². The molecule has 2 N–H and O–H groups in total. The summed E-state index contributed by atoms with van der Waals surface area (Å²) in [6, 6.07) is 2.13. The van der Waals surface area contributed by atoms with Crippen LogP contribution in [0.5, 0.6) is 0 Å². The van der Waals surface area contributed by atoms with Gasteiger partial charge in [0.05, 0.1) is 5.69 Å². The van der Waals surface area contributed by atoms with Crippen molar-refractivity contribution in [3.63, 3.8) is 0 Å². The number of aromatic nitrogens is 1. The van der Waals surface area contributed by atoms with Gasteiger partial charge in [0.1, 0.15) is 16.6 Å². The van der Waals surface area contributed by atoms with Gasteiger partial charge in [-0.15, -0.1) is 0 Å². The Kier molecular flexibility index (Phi) is 3.12. The van der Waals surface area contributed by atoms with Gasteiger partial charge >= 0.3 is 0 Å². The molecule has 0 amide bonds. The minimum absolute atomic E-state index is 0.0477. The zero-order chi connectivity index (χ0) is 10.8. The largest absolute Gasteiger partial charge is 0.388 e. The van der Waals surface area contributed by atoms with Crippen molar-refractivity contribution >= 4 is 16.5 Å². The highest BCUT2D eigenvalue weighted by atomic mass is 32.1. The predicted molar refractivity (Wildman–Crippen MR) is 59.2 cm³/mol. The van der Waals surface area contributed by atoms with E-state index in [-0.39, 0.29) is 5.41 Å². The number of rotatable bonds is 3. The third-order valence-electron chi connectivity index (χ3n) is 2.35. The van der Waals surface area contributed by atoms with Gasteiger partial charge in [0.15, 0.2) is 0 Å². The molecule has 1 aromatic rings. The molecular weight excluding hydrogens is 194 g/mol. The Morgan fingerprint density at radius 3 is 2.71 bits per heavy atom. The molecule has 4 heteroatoms. The van der Waals surface area contributed by atoms with Crippen molar-refractivity contribution < 1.29 is 0 Å². The molecule has 0 unspecified atom stereocenters. The quantitative estimate of drug-likeness (QED) is 0.832. The topological polar surface area (TPSA) is 62.7 Å². The van der Waals surface area contributed by atoms with Crippen molar-refractivity contribution in [2.75, 3.05) is 5.73 Å². The maximum atomic E-state index is 8.96. The van der Waals surface area contributed by atoms with E-state index in [4.69, 9.17) is 11.0 Å². The number of hydrogen-bond acceptors (Lipinski definition) is 4. The minimum Gasteiger partial charge on any atom is -0.388 e. The lowest BCUT2D eigenvalue weighted by Crippen LogP contribution is -2.18. The second-order valence-corrected chi connectivity index (χ2v) is 4.82. The van der Waals surface area contributed by atoms with Gasteiger partial charge in [-0.25, -0.2) is 0 Å². The normalized spacial score (nSPS) is 11.3. The fourth-order valence-corrected chi connectivity index (χ4v) is 2.38. The molecule has 0 aliphatic carbocycles. The van der Waals surface area contributed by atoms with E-state index in [1.165, 1.54) is 11.5 Å². The van der Waals surface area contributed by atoms with Crippen LogP contribution in [0.1, 0.15) is 44.9 Å². The first-order chi connectivity index (χ1) is 6.53. The van der Waals surface area contributed by atoms with Crippen molar-refractivity contribution in [3.8, 4) is 6.07 Å². The number of hydrogen-bond donors (Lipinski definition) is 1. The van der Waals surface area contributed by atoms with E-state index in [1.54, 1.807) is 0 Å². The predicted octanol–water partition coefficient (Wildman–Crippen LogP) is 2.67. The molecule has 0 saturated carbocycles. The molecule has 0 fully saturated rings. The SMILES string of the molecule is CCCC(C)(C)c1nsc(N)c1C#N. The Bertz CT molecular complexity index is 360. The zero-order valence-electron chi connectivity index (χ0n) is 8.79. The van der Waals surface area contributed by atoms with Gasteiger partial charge in [-0.1, -0.05) is 27.2 Å². The number of nitrogen functional groups attached to an aromatic ring is 1. The Labute approximate surface area is 88.7 Å². The maximum absolute atomic E-state index is 8.96. The van der Waals surface area contributed by atoms with Crippen LogP contribution < -0.4 is 5.73 Å². The zero-order valence-corrected chi connectivity index (χ0v) is 9.61. The molecule has 0 aromatic carbocycles. The van der Waals surface area contributed by atoms with Crippen molar-refractivity contribution in [1.82, 2.24) is 4.37 Å². The molecule has 0 atom stereocenters. The number of nitrogens with two attached hydrogens (primary N) is 1. The van der Waals surface area contributed by atoms with E-state index in [1.807, 2.05) is 0 Å². The lowest BCUT2D eigenvalue weighted by atomic mass is 9.83. The molecule has 0 aliphatic rings. The second kappa shape index (κ2) is 3.97. The molecule has 14 heavy (non-hydrogen) atoms. The molecule has 1 heterocycles. The summed E-state index contributed by atoms with van der Waals surface area (Å²) < 4.78 is 4.27. The molecule has 0 bridgehead atoms. The Balaban J connectivity index is 3.13. The average molecular weight is 209 g/mol. The second-order valence-electron chi connectivity index (χ2n) is 4.02. The van der Waals surface area contributed by atoms with Crippen molar-refractivity contribution in [2.45, 2.75) is 39.0 Å². The van der Waals surface area contributed by atoms with Crippen LogP contribution in [0, 0.1) is 11.3 Å². The molecule has 0 aliphatic heterocycles. The maximum Gasteiger partial charge on any atom is 0.125 e. The Morgan fingerprint density at radius 2 is 2.21 bits per heavy atom. The molecule has 0 spiro atoms. The van der Waals surface area contributed by atoms with Crippen LogP contribution in [0.4, 0.5) is 5.00 Å². The van der Waals surface area contributed by atoms with Crippen LogP contribution in [0.25, 0.3) is 0 Å². The van der Waals surface area contributed by atoms with Gasteiger partial charge in [0, 0.05) is 5.41 Å². The molecule has 1 aromatic heterocycles. The van der Waals surface area contributed by atoms with Crippen LogP contribution in [0.3, 0.4) is 0 Å². The van der Waals surface area contributed by atoms with Gasteiger partial charge in [-0.3, -0.25) is 0 Å². The standard InChI is InChI=1S/C10H15N3S/c1-4-5-10(2,3)8-7(6-11)9(12)14-13-8/h4-5,12H2,1-3H3. The molecule has 76 valence electrons. The van der Waals surface area contributed by atoms with E-state index >= 15 is 0 Å². The average Bonchev–Trinajstić information content (AvgIpc) is 2.47. The van der Waals surface area contributed by atoms with Crippen molar-refractivity contribution in [2.24, 2.45) is 0 Å². The summed E-state index contributed by atoms with van der Waals surface area (Å²) in [4.78, 5) is 0. The van der Waals surface area contributed by atoms with Gasteiger partial charge in [-0.2, -0.15) is 9.64 Å². The molecule has 0 saturated heterocycles. The van der Waals surface area contributed by atoms with Gasteiger partial charge in [0.2, 0.25) is 0 Å². The monoisotopic (exact) mass is 209 g/mol. The lowest BCUT2D eigenvalue weighted by Gasteiger charge is -2.21. The van der Waals surface area contributed by atoms with Crippen LogP contribution >= 0.6 is 11.5 Å². The first-order valence-corrected chi connectivity index (χ1v) is 5.46. The first-order valence-electron chi connectivity index (χ1n) is 4.68.